The Morgan fingerprint density at radius 3 is 2.69 bits per heavy atom. The first kappa shape index (κ1) is 18.1. The lowest BCUT2D eigenvalue weighted by atomic mass is 10.1. The molecule has 3 heterocycles. The monoisotopic (exact) mass is 355 g/mol. The normalized spacial score (nSPS) is 13.8. The second kappa shape index (κ2) is 7.27. The number of amides is 2. The van der Waals surface area contributed by atoms with Gasteiger partial charge in [-0.3, -0.25) is 14.6 Å². The first-order chi connectivity index (χ1) is 12.3. The van der Waals surface area contributed by atoms with Gasteiger partial charge in [-0.2, -0.15) is 0 Å². The molecule has 0 atom stereocenters. The number of carbonyl (C=O) groups is 2. The number of imidazole rings is 1. The van der Waals surface area contributed by atoms with Gasteiger partial charge >= 0.3 is 0 Å². The molecule has 2 aromatic rings. The molecule has 0 fully saturated rings. The Morgan fingerprint density at radius 2 is 2.00 bits per heavy atom. The summed E-state index contributed by atoms with van der Waals surface area (Å²) in [6, 6.07) is 5.56. The summed E-state index contributed by atoms with van der Waals surface area (Å²) in [5.41, 5.74) is 1.60. The smallest absolute Gasteiger partial charge is 0.287 e. The molecule has 0 spiro atoms. The number of hydrogen-bond donors (Lipinski definition) is 2. The molecule has 1 aliphatic heterocycles. The van der Waals surface area contributed by atoms with E-state index in [0.717, 1.165) is 30.7 Å². The van der Waals surface area contributed by atoms with Crippen LogP contribution in [0.2, 0.25) is 0 Å². The van der Waals surface area contributed by atoms with Crippen LogP contribution in [0, 0.1) is 0 Å². The van der Waals surface area contributed by atoms with E-state index < -0.39 is 0 Å². The van der Waals surface area contributed by atoms with Crippen LogP contribution >= 0.6 is 0 Å². The van der Waals surface area contributed by atoms with Crippen LogP contribution in [-0.4, -0.2) is 31.9 Å². The van der Waals surface area contributed by atoms with E-state index in [9.17, 15) is 9.59 Å². The van der Waals surface area contributed by atoms with Gasteiger partial charge in [0.15, 0.2) is 5.82 Å². The summed E-state index contributed by atoms with van der Waals surface area (Å²) in [7, 11) is 0. The average Bonchev–Trinajstić information content (AvgIpc) is 2.99. The third kappa shape index (κ3) is 4.09. The molecule has 0 aliphatic carbocycles. The van der Waals surface area contributed by atoms with Crippen molar-refractivity contribution in [3.8, 4) is 0 Å². The molecule has 7 heteroatoms. The van der Waals surface area contributed by atoms with Crippen molar-refractivity contribution in [2.24, 2.45) is 0 Å². The standard InChI is InChI=1S/C19H25N5O2/c1-19(2,3)23-18(26)16-22-15(14-9-5-7-11-24(14)16)17(25)21-12-13-8-4-6-10-20-13/h4,6,8,10H,5,7,9,11-12H2,1-3H3,(H,21,25)(H,23,26). The van der Waals surface area contributed by atoms with Crippen molar-refractivity contribution in [2.45, 2.75) is 58.7 Å². The zero-order chi connectivity index (χ0) is 18.7. The Bertz CT molecular complexity index is 805. The first-order valence-electron chi connectivity index (χ1n) is 8.95. The van der Waals surface area contributed by atoms with E-state index in [1.807, 2.05) is 43.5 Å². The minimum absolute atomic E-state index is 0.246. The fourth-order valence-electron chi connectivity index (χ4n) is 3.05. The molecule has 0 radical (unpaired) electrons. The SMILES string of the molecule is CC(C)(C)NC(=O)c1nc(C(=O)NCc2ccccn2)c2n1CCCC2. The molecule has 0 unspecified atom stereocenters. The van der Waals surface area contributed by atoms with E-state index in [1.54, 1.807) is 6.20 Å². The van der Waals surface area contributed by atoms with Crippen molar-refractivity contribution < 1.29 is 9.59 Å². The summed E-state index contributed by atoms with van der Waals surface area (Å²) < 4.78 is 1.89. The van der Waals surface area contributed by atoms with Gasteiger partial charge in [0.05, 0.1) is 17.9 Å². The second-order valence-electron chi connectivity index (χ2n) is 7.55. The van der Waals surface area contributed by atoms with Crippen molar-refractivity contribution in [3.05, 3.63) is 47.3 Å². The maximum atomic E-state index is 12.7. The maximum Gasteiger partial charge on any atom is 0.287 e. The zero-order valence-electron chi connectivity index (χ0n) is 15.5. The number of carbonyl (C=O) groups excluding carboxylic acids is 2. The molecular formula is C19H25N5O2. The fourth-order valence-corrected chi connectivity index (χ4v) is 3.05. The van der Waals surface area contributed by atoms with Gasteiger partial charge in [-0.1, -0.05) is 6.07 Å². The average molecular weight is 355 g/mol. The van der Waals surface area contributed by atoms with Crippen molar-refractivity contribution in [1.82, 2.24) is 25.2 Å². The Balaban J connectivity index is 1.82. The second-order valence-corrected chi connectivity index (χ2v) is 7.55. The van der Waals surface area contributed by atoms with Gasteiger partial charge < -0.3 is 15.2 Å². The van der Waals surface area contributed by atoms with E-state index in [4.69, 9.17) is 0 Å². The van der Waals surface area contributed by atoms with Crippen molar-refractivity contribution in [1.29, 1.82) is 0 Å². The molecule has 1 aliphatic rings. The van der Waals surface area contributed by atoms with Crippen LogP contribution in [0.15, 0.2) is 24.4 Å². The fraction of sp³-hybridized carbons (Fsp3) is 0.474. The van der Waals surface area contributed by atoms with Crippen LogP contribution in [0.25, 0.3) is 0 Å². The number of hydrogen-bond acceptors (Lipinski definition) is 4. The molecule has 2 N–H and O–H groups in total. The van der Waals surface area contributed by atoms with Crippen molar-refractivity contribution in [3.63, 3.8) is 0 Å². The molecule has 2 aromatic heterocycles. The number of nitrogens with one attached hydrogen (secondary N) is 2. The quantitative estimate of drug-likeness (QED) is 0.879. The Kier molecular flexibility index (Phi) is 5.06. The Morgan fingerprint density at radius 1 is 1.19 bits per heavy atom. The highest BCUT2D eigenvalue weighted by molar-refractivity contribution is 5.97. The van der Waals surface area contributed by atoms with E-state index in [-0.39, 0.29) is 17.4 Å². The van der Waals surface area contributed by atoms with Gasteiger partial charge in [-0.25, -0.2) is 4.98 Å². The summed E-state index contributed by atoms with van der Waals surface area (Å²) in [5.74, 6) is -0.196. The minimum atomic E-state index is -0.362. The Labute approximate surface area is 153 Å². The van der Waals surface area contributed by atoms with Gasteiger partial charge in [0.2, 0.25) is 0 Å². The topological polar surface area (TPSA) is 88.9 Å². The lowest BCUT2D eigenvalue weighted by molar-refractivity contribution is 0.0903. The largest absolute Gasteiger partial charge is 0.345 e. The minimum Gasteiger partial charge on any atom is -0.345 e. The predicted octanol–water partition coefficient (Wildman–Crippen LogP) is 2.07. The predicted molar refractivity (Wildman–Crippen MR) is 97.8 cm³/mol. The molecule has 0 aromatic carbocycles. The van der Waals surface area contributed by atoms with E-state index in [2.05, 4.69) is 20.6 Å². The molecule has 138 valence electrons. The van der Waals surface area contributed by atoms with Crippen molar-refractivity contribution in [2.75, 3.05) is 0 Å². The van der Waals surface area contributed by atoms with Gasteiger partial charge in [0.25, 0.3) is 11.8 Å². The first-order valence-corrected chi connectivity index (χ1v) is 8.95. The van der Waals surface area contributed by atoms with Crippen LogP contribution in [-0.2, 0) is 19.5 Å². The van der Waals surface area contributed by atoms with E-state index in [1.165, 1.54) is 0 Å². The van der Waals surface area contributed by atoms with Crippen molar-refractivity contribution >= 4 is 11.8 Å². The van der Waals surface area contributed by atoms with E-state index in [0.29, 0.717) is 24.6 Å². The molecule has 26 heavy (non-hydrogen) atoms. The number of aromatic nitrogens is 3. The van der Waals surface area contributed by atoms with Gasteiger partial charge in [0, 0.05) is 18.3 Å². The maximum absolute atomic E-state index is 12.7. The molecule has 0 saturated carbocycles. The van der Waals surface area contributed by atoms with Gasteiger partial charge in [-0.15, -0.1) is 0 Å². The highest BCUT2D eigenvalue weighted by Crippen LogP contribution is 2.21. The molecule has 0 bridgehead atoms. The van der Waals surface area contributed by atoms with Gasteiger partial charge in [0.1, 0.15) is 5.69 Å². The summed E-state index contributed by atoms with van der Waals surface area (Å²) in [6.45, 7) is 6.81. The zero-order valence-corrected chi connectivity index (χ0v) is 15.5. The van der Waals surface area contributed by atoms with Crippen LogP contribution in [0.3, 0.4) is 0 Å². The molecule has 3 rings (SSSR count). The number of rotatable bonds is 4. The highest BCUT2D eigenvalue weighted by atomic mass is 16.2. The number of pyridine rings is 1. The summed E-state index contributed by atoms with van der Waals surface area (Å²) in [6.07, 6.45) is 4.41. The van der Waals surface area contributed by atoms with Crippen LogP contribution in [0.1, 0.15) is 66.1 Å². The Hall–Kier alpha value is -2.70. The number of fused-ring (bicyclic) bond motifs is 1. The molecular weight excluding hydrogens is 330 g/mol. The summed E-state index contributed by atoms with van der Waals surface area (Å²) in [4.78, 5) is 33.9. The summed E-state index contributed by atoms with van der Waals surface area (Å²) in [5, 5.41) is 5.79. The highest BCUT2D eigenvalue weighted by Gasteiger charge is 2.28. The van der Waals surface area contributed by atoms with Gasteiger partial charge in [-0.05, 0) is 52.2 Å². The summed E-state index contributed by atoms with van der Waals surface area (Å²) >= 11 is 0. The van der Waals surface area contributed by atoms with Crippen LogP contribution in [0.4, 0.5) is 0 Å². The molecule has 7 nitrogen and oxygen atoms in total. The lowest BCUT2D eigenvalue weighted by Gasteiger charge is -2.22. The lowest BCUT2D eigenvalue weighted by Crippen LogP contribution is -2.42. The molecule has 0 saturated heterocycles. The van der Waals surface area contributed by atoms with E-state index >= 15 is 0 Å². The third-order valence-electron chi connectivity index (χ3n) is 4.18. The number of nitrogens with zero attached hydrogens (tertiary/aromatic N) is 3. The van der Waals surface area contributed by atoms with Crippen LogP contribution in [0.5, 0.6) is 0 Å². The third-order valence-corrected chi connectivity index (χ3v) is 4.18. The molecule has 2 amide bonds. The van der Waals surface area contributed by atoms with Crippen LogP contribution < -0.4 is 10.6 Å².